The zero-order chi connectivity index (χ0) is 27.9. The molecular weight excluding hydrogens is 486 g/mol. The van der Waals surface area contributed by atoms with Crippen molar-refractivity contribution in [1.29, 1.82) is 0 Å². The number of fused-ring (bicyclic) bond motifs is 2. The van der Waals surface area contributed by atoms with Crippen LogP contribution in [0.2, 0.25) is 0 Å². The molecular formula is C33H41N3O3. The SMILES string of the molecule is CNc1ccc(C(c2ccc3c(c2)C(N2Cc4ccccc4O[C@H](C)C2)CC3)C(C)(C)C(=O)OC)c(C)c1N. The molecule has 0 aromatic heterocycles. The quantitative estimate of drug-likeness (QED) is 0.293. The zero-order valence-corrected chi connectivity index (χ0v) is 24.0. The summed E-state index contributed by atoms with van der Waals surface area (Å²) in [6.07, 6.45) is 2.21. The topological polar surface area (TPSA) is 76.8 Å². The lowest BCUT2D eigenvalue weighted by atomic mass is 9.69. The fourth-order valence-corrected chi connectivity index (χ4v) is 6.65. The largest absolute Gasteiger partial charge is 0.489 e. The molecule has 0 fully saturated rings. The van der Waals surface area contributed by atoms with E-state index in [0.717, 1.165) is 54.1 Å². The maximum Gasteiger partial charge on any atom is 0.312 e. The summed E-state index contributed by atoms with van der Waals surface area (Å²) in [6.45, 7) is 9.85. The molecule has 1 heterocycles. The molecule has 3 aromatic rings. The van der Waals surface area contributed by atoms with E-state index in [1.807, 2.05) is 40.0 Å². The number of hydrogen-bond donors (Lipinski definition) is 2. The molecule has 6 heteroatoms. The number of hydrogen-bond acceptors (Lipinski definition) is 6. The van der Waals surface area contributed by atoms with Crippen molar-refractivity contribution in [3.8, 4) is 5.75 Å². The Labute approximate surface area is 232 Å². The molecule has 2 unspecified atom stereocenters. The second kappa shape index (κ2) is 10.6. The van der Waals surface area contributed by atoms with Crippen LogP contribution < -0.4 is 15.8 Å². The van der Waals surface area contributed by atoms with Crippen LogP contribution in [0.4, 0.5) is 11.4 Å². The van der Waals surface area contributed by atoms with Crippen LogP contribution in [0.1, 0.15) is 72.5 Å². The van der Waals surface area contributed by atoms with E-state index in [1.165, 1.54) is 23.8 Å². The van der Waals surface area contributed by atoms with Gasteiger partial charge in [-0.25, -0.2) is 0 Å². The predicted molar refractivity (Wildman–Crippen MR) is 157 cm³/mol. The average Bonchev–Trinajstić information content (AvgIpc) is 3.26. The van der Waals surface area contributed by atoms with Gasteiger partial charge in [-0.3, -0.25) is 9.69 Å². The lowest BCUT2D eigenvalue weighted by molar-refractivity contribution is -0.151. The van der Waals surface area contributed by atoms with E-state index in [1.54, 1.807) is 0 Å². The standard InChI is InChI=1S/C33H41N3O3/c1-20-18-36(19-24-9-7-8-10-29(24)39-20)28-16-13-22-11-12-23(17-26(22)28)30(33(3,4)32(37)38-6)25-14-15-27(35-5)31(34)21(25)2/h7-12,14-15,17,20,28,30,35H,13,16,18-19,34H2,1-6H3/t20-,28?,30?/m1/s1. The van der Waals surface area contributed by atoms with Gasteiger partial charge in [-0.2, -0.15) is 0 Å². The van der Waals surface area contributed by atoms with Crippen LogP contribution in [-0.2, 0) is 22.5 Å². The highest BCUT2D eigenvalue weighted by molar-refractivity contribution is 5.79. The Morgan fingerprint density at radius 1 is 1.15 bits per heavy atom. The number of carbonyl (C=O) groups is 1. The van der Waals surface area contributed by atoms with E-state index in [9.17, 15) is 4.79 Å². The molecule has 1 aliphatic carbocycles. The molecule has 0 spiro atoms. The first-order valence-electron chi connectivity index (χ1n) is 13.9. The first-order valence-corrected chi connectivity index (χ1v) is 13.9. The van der Waals surface area contributed by atoms with Crippen molar-refractivity contribution in [1.82, 2.24) is 4.90 Å². The van der Waals surface area contributed by atoms with E-state index in [4.69, 9.17) is 15.2 Å². The molecule has 39 heavy (non-hydrogen) atoms. The first-order chi connectivity index (χ1) is 18.6. The predicted octanol–water partition coefficient (Wildman–Crippen LogP) is 6.22. The lowest BCUT2D eigenvalue weighted by Crippen LogP contribution is -2.35. The van der Waals surface area contributed by atoms with Crippen LogP contribution >= 0.6 is 0 Å². The summed E-state index contributed by atoms with van der Waals surface area (Å²) in [7, 11) is 3.33. The molecule has 2 aliphatic rings. The van der Waals surface area contributed by atoms with Crippen molar-refractivity contribution < 1.29 is 14.3 Å². The Bertz CT molecular complexity index is 1380. The maximum absolute atomic E-state index is 13.2. The molecule has 0 amide bonds. The van der Waals surface area contributed by atoms with Gasteiger partial charge in [-0.1, -0.05) is 42.5 Å². The van der Waals surface area contributed by atoms with Crippen molar-refractivity contribution in [2.45, 2.75) is 65.1 Å². The van der Waals surface area contributed by atoms with Gasteiger partial charge in [0.15, 0.2) is 0 Å². The number of rotatable bonds is 6. The van der Waals surface area contributed by atoms with E-state index in [-0.39, 0.29) is 24.0 Å². The van der Waals surface area contributed by atoms with Crippen LogP contribution in [0.3, 0.4) is 0 Å². The number of aryl methyl sites for hydroxylation is 1. The molecule has 0 radical (unpaired) electrons. The lowest BCUT2D eigenvalue weighted by Gasteiger charge is -2.35. The van der Waals surface area contributed by atoms with Gasteiger partial charge in [-0.15, -0.1) is 0 Å². The van der Waals surface area contributed by atoms with Crippen LogP contribution in [0.15, 0.2) is 54.6 Å². The number of anilines is 2. The van der Waals surface area contributed by atoms with Crippen molar-refractivity contribution in [2.24, 2.45) is 5.41 Å². The Kier molecular flexibility index (Phi) is 7.34. The number of nitrogens with two attached hydrogens (primary N) is 1. The van der Waals surface area contributed by atoms with Gasteiger partial charge in [0.2, 0.25) is 0 Å². The molecule has 3 N–H and O–H groups in total. The smallest absolute Gasteiger partial charge is 0.312 e. The number of esters is 1. The minimum Gasteiger partial charge on any atom is -0.489 e. The Morgan fingerprint density at radius 3 is 2.67 bits per heavy atom. The molecule has 0 saturated heterocycles. The minimum atomic E-state index is -0.806. The fourth-order valence-electron chi connectivity index (χ4n) is 6.65. The van der Waals surface area contributed by atoms with Crippen LogP contribution in [0, 0.1) is 12.3 Å². The Morgan fingerprint density at radius 2 is 1.92 bits per heavy atom. The van der Waals surface area contributed by atoms with Crippen LogP contribution in [0.5, 0.6) is 5.75 Å². The third kappa shape index (κ3) is 4.87. The number of ether oxygens (including phenoxy) is 2. The Hall–Kier alpha value is -3.51. The molecule has 206 valence electrons. The highest BCUT2D eigenvalue weighted by atomic mass is 16.5. The van der Waals surface area contributed by atoms with Gasteiger partial charge in [-0.05, 0) is 80.5 Å². The molecule has 3 aromatic carbocycles. The van der Waals surface area contributed by atoms with Gasteiger partial charge in [0.05, 0.1) is 23.9 Å². The molecule has 0 bridgehead atoms. The van der Waals surface area contributed by atoms with Gasteiger partial charge >= 0.3 is 5.97 Å². The highest BCUT2D eigenvalue weighted by Gasteiger charge is 2.42. The highest BCUT2D eigenvalue weighted by Crippen LogP contribution is 2.47. The van der Waals surface area contributed by atoms with Crippen molar-refractivity contribution in [2.75, 3.05) is 31.8 Å². The molecule has 1 aliphatic heterocycles. The molecule has 3 atom stereocenters. The van der Waals surface area contributed by atoms with E-state index >= 15 is 0 Å². The minimum absolute atomic E-state index is 0.100. The monoisotopic (exact) mass is 527 g/mol. The summed E-state index contributed by atoms with van der Waals surface area (Å²) in [6, 6.07) is 19.6. The van der Waals surface area contributed by atoms with E-state index in [2.05, 4.69) is 59.6 Å². The summed E-state index contributed by atoms with van der Waals surface area (Å²) in [5.41, 5.74) is 14.4. The second-order valence-electron chi connectivity index (χ2n) is 11.6. The fraction of sp³-hybridized carbons (Fsp3) is 0.424. The molecule has 0 saturated carbocycles. The summed E-state index contributed by atoms with van der Waals surface area (Å²) in [4.78, 5) is 15.8. The number of benzene rings is 3. The van der Waals surface area contributed by atoms with Crippen molar-refractivity contribution >= 4 is 17.3 Å². The normalized spacial score (nSPS) is 19.8. The van der Waals surface area contributed by atoms with Gasteiger partial charge in [0.25, 0.3) is 0 Å². The third-order valence-corrected chi connectivity index (χ3v) is 8.73. The number of para-hydroxylation sites is 1. The molecule has 5 rings (SSSR count). The summed E-state index contributed by atoms with van der Waals surface area (Å²) in [5.74, 6) is 0.518. The Balaban J connectivity index is 1.59. The van der Waals surface area contributed by atoms with Gasteiger partial charge in [0, 0.05) is 37.7 Å². The number of carbonyl (C=O) groups excluding carboxylic acids is 1. The molecule has 6 nitrogen and oxygen atoms in total. The van der Waals surface area contributed by atoms with Crippen molar-refractivity contribution in [3.05, 3.63) is 88.0 Å². The summed E-state index contributed by atoms with van der Waals surface area (Å²) < 4.78 is 11.6. The summed E-state index contributed by atoms with van der Waals surface area (Å²) in [5, 5.41) is 3.17. The third-order valence-electron chi connectivity index (χ3n) is 8.73. The first kappa shape index (κ1) is 27.1. The average molecular weight is 528 g/mol. The van der Waals surface area contributed by atoms with Crippen molar-refractivity contribution in [3.63, 3.8) is 0 Å². The number of nitrogens with zero attached hydrogens (tertiary/aromatic N) is 1. The number of nitrogen functional groups attached to an aromatic ring is 1. The maximum atomic E-state index is 13.2. The summed E-state index contributed by atoms with van der Waals surface area (Å²) >= 11 is 0. The van der Waals surface area contributed by atoms with Crippen LogP contribution in [-0.4, -0.2) is 37.7 Å². The van der Waals surface area contributed by atoms with E-state index < -0.39 is 5.41 Å². The second-order valence-corrected chi connectivity index (χ2v) is 11.6. The van der Waals surface area contributed by atoms with E-state index in [0.29, 0.717) is 5.69 Å². The zero-order valence-electron chi connectivity index (χ0n) is 24.0. The van der Waals surface area contributed by atoms with Crippen LogP contribution in [0.25, 0.3) is 0 Å². The number of methoxy groups -OCH3 is 1. The van der Waals surface area contributed by atoms with Gasteiger partial charge < -0.3 is 20.5 Å². The van der Waals surface area contributed by atoms with Gasteiger partial charge in [0.1, 0.15) is 11.9 Å². The number of nitrogens with one attached hydrogen (secondary N) is 1.